The summed E-state index contributed by atoms with van der Waals surface area (Å²) in [6.45, 7) is 0. The SMILES string of the molecule is O[C@@H](c1cccc(F)c1)c1ccc(Cl)c(Cl)c1. The van der Waals surface area contributed by atoms with Crippen molar-refractivity contribution in [3.8, 4) is 0 Å². The van der Waals surface area contributed by atoms with Gasteiger partial charge in [-0.1, -0.05) is 41.4 Å². The van der Waals surface area contributed by atoms with E-state index in [2.05, 4.69) is 0 Å². The molecule has 1 nitrogen and oxygen atoms in total. The van der Waals surface area contributed by atoms with Crippen molar-refractivity contribution in [3.63, 3.8) is 0 Å². The van der Waals surface area contributed by atoms with Crippen LogP contribution >= 0.6 is 23.2 Å². The number of rotatable bonds is 2. The van der Waals surface area contributed by atoms with E-state index in [1.165, 1.54) is 12.1 Å². The summed E-state index contributed by atoms with van der Waals surface area (Å²) in [4.78, 5) is 0. The van der Waals surface area contributed by atoms with Crippen LogP contribution in [0, 0.1) is 5.82 Å². The summed E-state index contributed by atoms with van der Waals surface area (Å²) in [6, 6.07) is 10.6. The molecular weight excluding hydrogens is 262 g/mol. The Hall–Kier alpha value is -1.09. The number of aliphatic hydroxyl groups is 1. The van der Waals surface area contributed by atoms with Crippen LogP contribution in [0.3, 0.4) is 0 Å². The number of hydrogen-bond acceptors (Lipinski definition) is 1. The van der Waals surface area contributed by atoms with Crippen molar-refractivity contribution in [2.24, 2.45) is 0 Å². The second-order valence-corrected chi connectivity index (χ2v) is 4.45. The predicted molar refractivity (Wildman–Crippen MR) is 66.9 cm³/mol. The lowest BCUT2D eigenvalue weighted by Gasteiger charge is -2.12. The molecule has 0 aliphatic rings. The fourth-order valence-corrected chi connectivity index (χ4v) is 1.86. The minimum atomic E-state index is -0.916. The summed E-state index contributed by atoms with van der Waals surface area (Å²) in [5.41, 5.74) is 1.05. The predicted octanol–water partition coefficient (Wildman–Crippen LogP) is 4.21. The van der Waals surface area contributed by atoms with Crippen LogP contribution in [0.2, 0.25) is 10.0 Å². The lowest BCUT2D eigenvalue weighted by Crippen LogP contribution is -1.99. The van der Waals surface area contributed by atoms with Crippen LogP contribution in [-0.2, 0) is 0 Å². The second kappa shape index (κ2) is 5.05. The molecule has 2 aromatic rings. The lowest BCUT2D eigenvalue weighted by molar-refractivity contribution is 0.220. The molecule has 2 aromatic carbocycles. The molecule has 0 radical (unpaired) electrons. The summed E-state index contributed by atoms with van der Waals surface area (Å²) >= 11 is 11.6. The topological polar surface area (TPSA) is 20.2 Å². The smallest absolute Gasteiger partial charge is 0.123 e. The van der Waals surface area contributed by atoms with Crippen LogP contribution in [0.15, 0.2) is 42.5 Å². The van der Waals surface area contributed by atoms with E-state index in [9.17, 15) is 9.50 Å². The van der Waals surface area contributed by atoms with Crippen LogP contribution in [0.4, 0.5) is 4.39 Å². The first kappa shape index (κ1) is 12.4. The van der Waals surface area contributed by atoms with Crippen LogP contribution in [0.25, 0.3) is 0 Å². The first-order chi connectivity index (χ1) is 8.08. The van der Waals surface area contributed by atoms with Gasteiger partial charge >= 0.3 is 0 Å². The molecule has 1 atom stereocenters. The molecule has 1 N–H and O–H groups in total. The summed E-state index contributed by atoms with van der Waals surface area (Å²) < 4.78 is 13.0. The van der Waals surface area contributed by atoms with Crippen molar-refractivity contribution in [2.45, 2.75) is 6.10 Å². The summed E-state index contributed by atoms with van der Waals surface area (Å²) in [7, 11) is 0. The Kier molecular flexibility index (Phi) is 3.67. The highest BCUT2D eigenvalue weighted by Crippen LogP contribution is 2.28. The third-order valence-corrected chi connectivity index (χ3v) is 3.16. The average Bonchev–Trinajstić information content (AvgIpc) is 2.32. The number of hydrogen-bond donors (Lipinski definition) is 1. The molecule has 0 heterocycles. The molecule has 0 amide bonds. The quantitative estimate of drug-likeness (QED) is 0.867. The van der Waals surface area contributed by atoms with Crippen LogP contribution in [0.1, 0.15) is 17.2 Å². The van der Waals surface area contributed by atoms with Gasteiger partial charge in [-0.3, -0.25) is 0 Å². The Morgan fingerprint density at radius 1 is 0.941 bits per heavy atom. The zero-order valence-corrected chi connectivity index (χ0v) is 10.2. The van der Waals surface area contributed by atoms with Gasteiger partial charge in [0.2, 0.25) is 0 Å². The molecule has 2 rings (SSSR count). The molecule has 88 valence electrons. The zero-order valence-electron chi connectivity index (χ0n) is 8.70. The number of aliphatic hydroxyl groups excluding tert-OH is 1. The maximum Gasteiger partial charge on any atom is 0.123 e. The molecule has 0 spiro atoms. The molecule has 4 heteroatoms. The van der Waals surface area contributed by atoms with E-state index in [4.69, 9.17) is 23.2 Å². The van der Waals surface area contributed by atoms with Gasteiger partial charge in [0.15, 0.2) is 0 Å². The van der Waals surface area contributed by atoms with Gasteiger partial charge in [0.25, 0.3) is 0 Å². The van der Waals surface area contributed by atoms with E-state index in [0.29, 0.717) is 21.2 Å². The van der Waals surface area contributed by atoms with Gasteiger partial charge in [-0.2, -0.15) is 0 Å². The Balaban J connectivity index is 2.36. The van der Waals surface area contributed by atoms with E-state index < -0.39 is 6.10 Å². The Labute approximate surface area is 108 Å². The fourth-order valence-electron chi connectivity index (χ4n) is 1.55. The van der Waals surface area contributed by atoms with Crippen LogP contribution in [-0.4, -0.2) is 5.11 Å². The second-order valence-electron chi connectivity index (χ2n) is 3.63. The van der Waals surface area contributed by atoms with Gasteiger partial charge < -0.3 is 5.11 Å². The van der Waals surface area contributed by atoms with Gasteiger partial charge in [-0.05, 0) is 35.4 Å². The standard InChI is InChI=1S/C13H9Cl2FO/c14-11-5-4-9(7-12(11)15)13(17)8-2-1-3-10(16)6-8/h1-7,13,17H/t13-/m0/s1. The molecular formula is C13H9Cl2FO. The van der Waals surface area contributed by atoms with Gasteiger partial charge in [-0.15, -0.1) is 0 Å². The Bertz CT molecular complexity index is 543. The number of halogens is 3. The molecule has 0 saturated carbocycles. The third kappa shape index (κ3) is 2.78. The van der Waals surface area contributed by atoms with Crippen molar-refractivity contribution in [3.05, 3.63) is 69.5 Å². The minimum Gasteiger partial charge on any atom is -0.384 e. The fraction of sp³-hybridized carbons (Fsp3) is 0.0769. The Morgan fingerprint density at radius 3 is 2.29 bits per heavy atom. The normalized spacial score (nSPS) is 12.5. The monoisotopic (exact) mass is 270 g/mol. The van der Waals surface area contributed by atoms with Crippen molar-refractivity contribution < 1.29 is 9.50 Å². The van der Waals surface area contributed by atoms with Crippen molar-refractivity contribution in [1.29, 1.82) is 0 Å². The molecule has 0 saturated heterocycles. The van der Waals surface area contributed by atoms with Gasteiger partial charge in [0.05, 0.1) is 10.0 Å². The minimum absolute atomic E-state index is 0.361. The van der Waals surface area contributed by atoms with E-state index in [1.54, 1.807) is 30.3 Å². The van der Waals surface area contributed by atoms with E-state index in [1.807, 2.05) is 0 Å². The van der Waals surface area contributed by atoms with Crippen molar-refractivity contribution in [1.82, 2.24) is 0 Å². The molecule has 0 aliphatic carbocycles. The molecule has 0 unspecified atom stereocenters. The van der Waals surface area contributed by atoms with Crippen LogP contribution < -0.4 is 0 Å². The summed E-state index contributed by atoms with van der Waals surface area (Å²) in [5.74, 6) is -0.387. The van der Waals surface area contributed by atoms with E-state index in [-0.39, 0.29) is 5.82 Å². The van der Waals surface area contributed by atoms with E-state index >= 15 is 0 Å². The molecule has 0 aliphatic heterocycles. The summed E-state index contributed by atoms with van der Waals surface area (Å²) in [6.07, 6.45) is -0.916. The molecule has 17 heavy (non-hydrogen) atoms. The van der Waals surface area contributed by atoms with E-state index in [0.717, 1.165) is 0 Å². The van der Waals surface area contributed by atoms with Gasteiger partial charge in [0, 0.05) is 0 Å². The maximum absolute atomic E-state index is 13.0. The first-order valence-electron chi connectivity index (χ1n) is 4.96. The van der Waals surface area contributed by atoms with Crippen molar-refractivity contribution >= 4 is 23.2 Å². The average molecular weight is 271 g/mol. The lowest BCUT2D eigenvalue weighted by atomic mass is 10.0. The maximum atomic E-state index is 13.0. The van der Waals surface area contributed by atoms with Crippen molar-refractivity contribution in [2.75, 3.05) is 0 Å². The Morgan fingerprint density at radius 2 is 1.65 bits per heavy atom. The third-order valence-electron chi connectivity index (χ3n) is 2.42. The summed E-state index contributed by atoms with van der Waals surface area (Å²) in [5, 5.41) is 10.8. The van der Waals surface area contributed by atoms with Gasteiger partial charge in [0.1, 0.15) is 11.9 Å². The highest BCUT2D eigenvalue weighted by molar-refractivity contribution is 6.42. The van der Waals surface area contributed by atoms with Gasteiger partial charge in [-0.25, -0.2) is 4.39 Å². The molecule has 0 fully saturated rings. The molecule has 0 bridgehead atoms. The zero-order chi connectivity index (χ0) is 12.4. The van der Waals surface area contributed by atoms with Crippen LogP contribution in [0.5, 0.6) is 0 Å². The highest BCUT2D eigenvalue weighted by Gasteiger charge is 2.12. The number of benzene rings is 2. The largest absolute Gasteiger partial charge is 0.384 e. The highest BCUT2D eigenvalue weighted by atomic mass is 35.5. The first-order valence-corrected chi connectivity index (χ1v) is 5.72. The molecule has 0 aromatic heterocycles.